The highest BCUT2D eigenvalue weighted by Crippen LogP contribution is 2.22. The molecule has 26 heavy (non-hydrogen) atoms. The third-order valence-corrected chi connectivity index (χ3v) is 4.61. The van der Waals surface area contributed by atoms with Crippen LogP contribution in [-0.2, 0) is 17.9 Å². The fourth-order valence-corrected chi connectivity index (χ4v) is 3.05. The summed E-state index contributed by atoms with van der Waals surface area (Å²) in [5.41, 5.74) is 6.79. The van der Waals surface area contributed by atoms with Crippen LogP contribution in [-0.4, -0.2) is 30.2 Å². The number of hydrogen-bond donors (Lipinski definition) is 2. The number of aromatic nitrogens is 5. The van der Waals surface area contributed by atoms with Crippen LogP contribution in [0.3, 0.4) is 0 Å². The van der Waals surface area contributed by atoms with E-state index in [1.54, 1.807) is 12.4 Å². The fraction of sp³-hybridized carbons (Fsp3) is 0.444. The van der Waals surface area contributed by atoms with E-state index in [0.717, 1.165) is 24.0 Å². The van der Waals surface area contributed by atoms with Crippen molar-refractivity contribution >= 4 is 28.6 Å². The van der Waals surface area contributed by atoms with Gasteiger partial charge in [0.1, 0.15) is 12.2 Å². The maximum Gasteiger partial charge on any atom is 0.239 e. The molecule has 3 N–H and O–H groups in total. The van der Waals surface area contributed by atoms with Gasteiger partial charge in [0.2, 0.25) is 11.9 Å². The van der Waals surface area contributed by atoms with Gasteiger partial charge in [0.15, 0.2) is 0 Å². The third-order valence-electron chi connectivity index (χ3n) is 4.61. The number of carbonyl (C=O) groups is 1. The van der Waals surface area contributed by atoms with Crippen molar-refractivity contribution in [3.8, 4) is 0 Å². The highest BCUT2D eigenvalue weighted by atomic mass is 16.1. The first-order chi connectivity index (χ1) is 12.5. The molecule has 0 fully saturated rings. The molecule has 8 nitrogen and oxygen atoms in total. The van der Waals surface area contributed by atoms with E-state index in [-0.39, 0.29) is 6.54 Å². The van der Waals surface area contributed by atoms with Crippen molar-refractivity contribution < 1.29 is 4.79 Å². The quantitative estimate of drug-likeness (QED) is 0.646. The summed E-state index contributed by atoms with van der Waals surface area (Å²) in [5.74, 6) is 1.27. The molecule has 0 saturated heterocycles. The SMILES string of the molecule is CC[C@H](Cn1ccc2cnc(Nc3cnn(CC(N)=O)c3)nc21)C(C)C. The molecule has 3 aromatic rings. The Hall–Kier alpha value is -2.90. The summed E-state index contributed by atoms with van der Waals surface area (Å²) in [6, 6.07) is 2.04. The Bertz CT molecular complexity index is 896. The van der Waals surface area contributed by atoms with Crippen LogP contribution in [0.4, 0.5) is 11.6 Å². The Kier molecular flexibility index (Phi) is 5.20. The summed E-state index contributed by atoms with van der Waals surface area (Å²) in [7, 11) is 0. The molecule has 0 radical (unpaired) electrons. The molecular formula is C18H25N7O. The van der Waals surface area contributed by atoms with E-state index in [4.69, 9.17) is 5.73 Å². The highest BCUT2D eigenvalue weighted by molar-refractivity contribution is 5.77. The van der Waals surface area contributed by atoms with Gasteiger partial charge in [-0.15, -0.1) is 0 Å². The molecule has 3 aromatic heterocycles. The first-order valence-corrected chi connectivity index (χ1v) is 8.86. The smallest absolute Gasteiger partial charge is 0.239 e. The van der Waals surface area contributed by atoms with Gasteiger partial charge in [0.05, 0.1) is 11.9 Å². The van der Waals surface area contributed by atoms with Crippen LogP contribution in [0.15, 0.2) is 30.9 Å². The second-order valence-corrected chi connectivity index (χ2v) is 6.87. The maximum absolute atomic E-state index is 11.0. The number of primary amides is 1. The van der Waals surface area contributed by atoms with E-state index in [0.29, 0.717) is 23.5 Å². The van der Waals surface area contributed by atoms with Crippen LogP contribution in [0.5, 0.6) is 0 Å². The van der Waals surface area contributed by atoms with E-state index in [2.05, 4.69) is 51.9 Å². The van der Waals surface area contributed by atoms with Crippen LogP contribution in [0.2, 0.25) is 0 Å². The number of nitrogens with zero attached hydrogens (tertiary/aromatic N) is 5. The monoisotopic (exact) mass is 355 g/mol. The lowest BCUT2D eigenvalue weighted by Crippen LogP contribution is -2.18. The molecule has 0 aliphatic carbocycles. The van der Waals surface area contributed by atoms with E-state index < -0.39 is 5.91 Å². The maximum atomic E-state index is 11.0. The van der Waals surface area contributed by atoms with Gasteiger partial charge in [-0.3, -0.25) is 9.48 Å². The molecule has 0 saturated carbocycles. The van der Waals surface area contributed by atoms with E-state index in [9.17, 15) is 4.79 Å². The Labute approximate surface area is 152 Å². The second kappa shape index (κ2) is 7.55. The largest absolute Gasteiger partial charge is 0.368 e. The first kappa shape index (κ1) is 17.9. The minimum atomic E-state index is -0.439. The zero-order chi connectivity index (χ0) is 18.7. The average Bonchev–Trinajstić information content (AvgIpc) is 3.18. The van der Waals surface area contributed by atoms with Gasteiger partial charge >= 0.3 is 0 Å². The zero-order valence-electron chi connectivity index (χ0n) is 15.4. The summed E-state index contributed by atoms with van der Waals surface area (Å²) >= 11 is 0. The predicted molar refractivity (Wildman–Crippen MR) is 101 cm³/mol. The molecule has 3 heterocycles. The summed E-state index contributed by atoms with van der Waals surface area (Å²) in [4.78, 5) is 20.0. The number of nitrogens with one attached hydrogen (secondary N) is 1. The van der Waals surface area contributed by atoms with Crippen LogP contribution in [0.25, 0.3) is 11.0 Å². The molecule has 0 unspecified atom stereocenters. The van der Waals surface area contributed by atoms with Crippen molar-refractivity contribution in [2.24, 2.45) is 17.6 Å². The van der Waals surface area contributed by atoms with Crippen LogP contribution < -0.4 is 11.1 Å². The molecule has 0 aromatic carbocycles. The van der Waals surface area contributed by atoms with Crippen LogP contribution in [0.1, 0.15) is 27.2 Å². The predicted octanol–water partition coefficient (Wildman–Crippen LogP) is 2.54. The topological polar surface area (TPSA) is 104 Å². The summed E-state index contributed by atoms with van der Waals surface area (Å²) < 4.78 is 3.66. The normalized spacial score (nSPS) is 12.6. The highest BCUT2D eigenvalue weighted by Gasteiger charge is 2.14. The number of amides is 1. The van der Waals surface area contributed by atoms with Crippen LogP contribution in [0, 0.1) is 11.8 Å². The average molecular weight is 355 g/mol. The number of rotatable bonds is 8. The molecule has 1 atom stereocenters. The summed E-state index contributed by atoms with van der Waals surface area (Å²) in [6.45, 7) is 7.71. The van der Waals surface area contributed by atoms with Crippen molar-refractivity contribution in [2.75, 3.05) is 5.32 Å². The molecular weight excluding hydrogens is 330 g/mol. The minimum Gasteiger partial charge on any atom is -0.368 e. The zero-order valence-corrected chi connectivity index (χ0v) is 15.4. The lowest BCUT2D eigenvalue weighted by molar-refractivity contribution is -0.118. The number of hydrogen-bond acceptors (Lipinski definition) is 5. The minimum absolute atomic E-state index is 0.0397. The number of nitrogens with two attached hydrogens (primary N) is 1. The fourth-order valence-electron chi connectivity index (χ4n) is 3.05. The molecule has 0 aliphatic rings. The molecule has 8 heteroatoms. The lowest BCUT2D eigenvalue weighted by Gasteiger charge is -2.20. The number of fused-ring (bicyclic) bond motifs is 1. The van der Waals surface area contributed by atoms with Gasteiger partial charge in [0.25, 0.3) is 0 Å². The van der Waals surface area contributed by atoms with Gasteiger partial charge in [-0.05, 0) is 17.9 Å². The van der Waals surface area contributed by atoms with Gasteiger partial charge in [0, 0.05) is 30.5 Å². The Morgan fingerprint density at radius 3 is 2.85 bits per heavy atom. The Morgan fingerprint density at radius 2 is 2.15 bits per heavy atom. The van der Waals surface area contributed by atoms with Gasteiger partial charge < -0.3 is 15.6 Å². The van der Waals surface area contributed by atoms with Gasteiger partial charge in [-0.2, -0.15) is 10.1 Å². The van der Waals surface area contributed by atoms with Crippen molar-refractivity contribution in [2.45, 2.75) is 40.3 Å². The third kappa shape index (κ3) is 4.01. The lowest BCUT2D eigenvalue weighted by atomic mass is 9.93. The molecule has 0 bridgehead atoms. The summed E-state index contributed by atoms with van der Waals surface area (Å²) in [5, 5.41) is 8.22. The second-order valence-electron chi connectivity index (χ2n) is 6.87. The first-order valence-electron chi connectivity index (χ1n) is 8.86. The van der Waals surface area contributed by atoms with E-state index in [1.807, 2.05) is 12.3 Å². The van der Waals surface area contributed by atoms with Crippen molar-refractivity contribution in [1.29, 1.82) is 0 Å². The van der Waals surface area contributed by atoms with Crippen molar-refractivity contribution in [3.05, 3.63) is 30.9 Å². The van der Waals surface area contributed by atoms with Crippen molar-refractivity contribution in [3.63, 3.8) is 0 Å². The number of carbonyl (C=O) groups excluding carboxylic acids is 1. The molecule has 3 rings (SSSR count). The van der Waals surface area contributed by atoms with E-state index >= 15 is 0 Å². The molecule has 0 aliphatic heterocycles. The van der Waals surface area contributed by atoms with E-state index in [1.165, 1.54) is 4.68 Å². The summed E-state index contributed by atoms with van der Waals surface area (Å²) in [6.07, 6.45) is 8.32. The Balaban J connectivity index is 1.80. The standard InChI is InChI=1S/C18H25N7O/c1-4-13(12(2)3)9-24-6-5-14-7-20-18(23-17(14)24)22-15-8-21-25(10-15)11-16(19)26/h5-8,10,12-13H,4,9,11H2,1-3H3,(H2,19,26)(H,20,22,23)/t13-/m1/s1. The van der Waals surface area contributed by atoms with Gasteiger partial charge in [-0.25, -0.2) is 4.98 Å². The number of anilines is 2. The molecule has 0 spiro atoms. The Morgan fingerprint density at radius 1 is 1.35 bits per heavy atom. The molecule has 138 valence electrons. The van der Waals surface area contributed by atoms with Crippen molar-refractivity contribution in [1.82, 2.24) is 24.3 Å². The molecule has 1 amide bonds. The van der Waals surface area contributed by atoms with Crippen LogP contribution >= 0.6 is 0 Å². The van der Waals surface area contributed by atoms with Gasteiger partial charge in [-0.1, -0.05) is 27.2 Å².